The molecule has 0 spiro atoms. The van der Waals surface area contributed by atoms with Crippen molar-refractivity contribution in [1.29, 1.82) is 0 Å². The largest absolute Gasteiger partial charge is 0.462 e. The lowest BCUT2D eigenvalue weighted by Crippen LogP contribution is -2.25. The summed E-state index contributed by atoms with van der Waals surface area (Å²) >= 11 is 0. The van der Waals surface area contributed by atoms with E-state index in [0.717, 1.165) is 51.8 Å². The number of carbonyl (C=O) groups excluding carboxylic acids is 3. The number of benzene rings is 2. The number of aliphatic hydroxyl groups excluding tert-OH is 1. The van der Waals surface area contributed by atoms with E-state index in [1.807, 2.05) is 90.1 Å². The van der Waals surface area contributed by atoms with Gasteiger partial charge in [0.05, 0.1) is 43.2 Å². The van der Waals surface area contributed by atoms with Gasteiger partial charge in [0.2, 0.25) is 0 Å². The third-order valence-corrected chi connectivity index (χ3v) is 13.2. The average molecular weight is 839 g/mol. The first-order valence-corrected chi connectivity index (χ1v) is 27.9. The second-order valence-corrected chi connectivity index (χ2v) is 30.2. The average Bonchev–Trinajstić information content (AvgIpc) is 3.55. The fourth-order valence-corrected chi connectivity index (χ4v) is 8.38. The molecule has 4 rings (SSSR count). The van der Waals surface area contributed by atoms with Crippen LogP contribution in [0.15, 0.2) is 36.4 Å². The van der Waals surface area contributed by atoms with Crippen molar-refractivity contribution in [2.45, 2.75) is 156 Å². The van der Waals surface area contributed by atoms with Crippen LogP contribution in [-0.2, 0) is 33.2 Å². The molecule has 2 fully saturated rings. The van der Waals surface area contributed by atoms with Crippen LogP contribution < -0.4 is 0 Å². The molecule has 0 radical (unpaired) electrons. The third-order valence-electron chi connectivity index (χ3n) is 9.75. The first-order valence-electron chi connectivity index (χ1n) is 20.5. The van der Waals surface area contributed by atoms with Crippen molar-refractivity contribution in [1.82, 2.24) is 0 Å². The number of aryl methyl sites for hydroxylation is 4. The van der Waals surface area contributed by atoms with Crippen LogP contribution in [0.2, 0.25) is 51.4 Å². The number of esters is 2. The number of aldehydes is 1. The maximum Gasteiger partial charge on any atom is 0.338 e. The van der Waals surface area contributed by atoms with E-state index < -0.39 is 33.8 Å². The highest BCUT2D eigenvalue weighted by molar-refractivity contribution is 6.76. The molecule has 10 nitrogen and oxygen atoms in total. The molecule has 0 amide bonds. The summed E-state index contributed by atoms with van der Waals surface area (Å²) in [4.78, 5) is 36.8. The lowest BCUT2D eigenvalue weighted by Gasteiger charge is -2.17. The van der Waals surface area contributed by atoms with Crippen molar-refractivity contribution in [3.63, 3.8) is 0 Å². The summed E-state index contributed by atoms with van der Waals surface area (Å²) in [5.41, 5.74) is 6.86. The number of hydrogen-bond acceptors (Lipinski definition) is 10. The van der Waals surface area contributed by atoms with Crippen molar-refractivity contribution < 1.29 is 47.9 Å². The molecule has 0 aliphatic carbocycles. The van der Waals surface area contributed by atoms with Gasteiger partial charge in [0, 0.05) is 16.1 Å². The van der Waals surface area contributed by atoms with Crippen molar-refractivity contribution in [2.75, 3.05) is 19.8 Å². The minimum atomic E-state index is -1.26. The van der Waals surface area contributed by atoms with Crippen LogP contribution in [0.5, 0.6) is 0 Å². The van der Waals surface area contributed by atoms with Gasteiger partial charge in [-0.25, -0.2) is 9.59 Å². The fraction of sp³-hybridized carbons (Fsp3) is 0.587. The Morgan fingerprint density at radius 1 is 0.655 bits per heavy atom. The molecule has 2 unspecified atom stereocenters. The molecule has 12 heteroatoms. The van der Waals surface area contributed by atoms with Crippen LogP contribution in [-0.4, -0.2) is 95.3 Å². The van der Waals surface area contributed by atoms with E-state index in [1.165, 1.54) is 0 Å². The van der Waals surface area contributed by atoms with Gasteiger partial charge in [0.1, 0.15) is 12.2 Å². The molecule has 2 aliphatic heterocycles. The highest BCUT2D eigenvalue weighted by Gasteiger charge is 2.41. The van der Waals surface area contributed by atoms with Crippen molar-refractivity contribution >= 4 is 46.5 Å². The molecular weight excluding hydrogens is 769 g/mol. The molecule has 4 atom stereocenters. The zero-order chi connectivity index (χ0) is 43.6. The minimum Gasteiger partial charge on any atom is -0.462 e. The molecule has 2 aromatic rings. The third kappa shape index (κ3) is 15.7. The predicted molar refractivity (Wildman–Crippen MR) is 237 cm³/mol. The summed E-state index contributed by atoms with van der Waals surface area (Å²) in [6, 6.07) is 9.86. The van der Waals surface area contributed by atoms with E-state index in [9.17, 15) is 19.5 Å². The summed E-state index contributed by atoms with van der Waals surface area (Å²) in [6.07, 6.45) is 8.16. The summed E-state index contributed by atoms with van der Waals surface area (Å²) in [5.74, 6) is -2.02. The minimum absolute atomic E-state index is 0.0832. The van der Waals surface area contributed by atoms with Crippen molar-refractivity contribution in [3.05, 3.63) is 80.9 Å². The highest BCUT2D eigenvalue weighted by Crippen LogP contribution is 2.31. The lowest BCUT2D eigenvalue weighted by atomic mass is 9.98. The Balaban J connectivity index is 0.000000310. The number of ether oxygens (including phenoxy) is 6. The van der Waals surface area contributed by atoms with Gasteiger partial charge in [0.25, 0.3) is 0 Å². The SMILES string of the molecule is Cc1cc(C)c(C(=O)OCC[Si](C)(C)C)c(/C=C/C[C@@H]2OC(C)(C)OC2C=O)c1.Cc1cc(C)c(C(=O)OCC[Si](C)(C)C)c(/C=C/C[C@@H]2OC(C)(C)OC2CO)c1. The van der Waals surface area contributed by atoms with E-state index in [2.05, 4.69) is 39.3 Å². The van der Waals surface area contributed by atoms with Gasteiger partial charge in [-0.1, -0.05) is 99.0 Å². The summed E-state index contributed by atoms with van der Waals surface area (Å²) in [7, 11) is -2.52. The van der Waals surface area contributed by atoms with Crippen LogP contribution >= 0.6 is 0 Å². The van der Waals surface area contributed by atoms with Crippen molar-refractivity contribution in [3.8, 4) is 0 Å². The van der Waals surface area contributed by atoms with Gasteiger partial charge in [-0.2, -0.15) is 0 Å². The fourth-order valence-electron chi connectivity index (χ4n) is 6.95. The molecule has 2 aromatic carbocycles. The topological polar surface area (TPSA) is 127 Å². The van der Waals surface area contributed by atoms with E-state index >= 15 is 0 Å². The molecule has 2 aliphatic rings. The molecule has 322 valence electrons. The Morgan fingerprint density at radius 2 is 1.05 bits per heavy atom. The quantitative estimate of drug-likeness (QED) is 0.0992. The standard InChI is InChI=1S/C23H36O5Si.C23H34O5Si/c2*1-16-13-17(2)21(22(25)26-11-12-29(5,6)7)18(14-16)9-8-10-19-20(15-24)28-23(3,4)27-19/h8-9,13-14,19-20,24H,10-12,15H2,1-7H3;8-9,13-15,19-20H,10-12H2,1-7H3/b2*9-8+/t2*19-,20?/m00/s1. The first-order chi connectivity index (χ1) is 26.8. The van der Waals surface area contributed by atoms with Gasteiger partial charge in [-0.15, -0.1) is 0 Å². The van der Waals surface area contributed by atoms with Crippen LogP contribution in [0.1, 0.15) is 94.6 Å². The van der Waals surface area contributed by atoms with E-state index in [4.69, 9.17) is 28.4 Å². The Bertz CT molecular complexity index is 1780. The van der Waals surface area contributed by atoms with Gasteiger partial charge >= 0.3 is 11.9 Å². The molecule has 0 bridgehead atoms. The Labute approximate surface area is 349 Å². The Hall–Kier alpha value is -3.24. The van der Waals surface area contributed by atoms with E-state index in [0.29, 0.717) is 37.2 Å². The second kappa shape index (κ2) is 20.8. The van der Waals surface area contributed by atoms with Crippen molar-refractivity contribution in [2.24, 2.45) is 0 Å². The van der Waals surface area contributed by atoms with E-state index in [1.54, 1.807) is 13.8 Å². The number of aliphatic hydroxyl groups is 1. The molecule has 1 N–H and O–H groups in total. The van der Waals surface area contributed by atoms with Gasteiger partial charge in [0.15, 0.2) is 17.9 Å². The smallest absolute Gasteiger partial charge is 0.338 e. The molecule has 0 aromatic heterocycles. The molecule has 58 heavy (non-hydrogen) atoms. The van der Waals surface area contributed by atoms with Crippen LogP contribution in [0.4, 0.5) is 0 Å². The summed E-state index contributed by atoms with van der Waals surface area (Å²) in [6.45, 7) is 29.6. The highest BCUT2D eigenvalue weighted by atomic mass is 28.3. The lowest BCUT2D eigenvalue weighted by molar-refractivity contribution is -0.149. The predicted octanol–water partition coefficient (Wildman–Crippen LogP) is 9.63. The van der Waals surface area contributed by atoms with Crippen LogP contribution in [0, 0.1) is 27.7 Å². The first kappa shape index (κ1) is 49.1. The molecule has 2 heterocycles. The number of hydrogen-bond donors (Lipinski definition) is 1. The molecule has 0 saturated carbocycles. The zero-order valence-corrected chi connectivity index (χ0v) is 39.6. The maximum atomic E-state index is 12.8. The van der Waals surface area contributed by atoms with Gasteiger partial charge < -0.3 is 38.3 Å². The van der Waals surface area contributed by atoms with Gasteiger partial charge in [-0.3, -0.25) is 0 Å². The Morgan fingerprint density at radius 3 is 1.47 bits per heavy atom. The second-order valence-electron chi connectivity index (χ2n) is 18.9. The van der Waals surface area contributed by atoms with Crippen LogP contribution in [0.25, 0.3) is 12.2 Å². The molecule has 2 saturated heterocycles. The van der Waals surface area contributed by atoms with Gasteiger partial charge in [-0.05, 0) is 103 Å². The zero-order valence-electron chi connectivity index (χ0n) is 37.6. The Kier molecular flexibility index (Phi) is 17.6. The van der Waals surface area contributed by atoms with Crippen LogP contribution in [0.3, 0.4) is 0 Å². The number of rotatable bonds is 16. The molecular formula is C46H70O10Si2. The maximum absolute atomic E-state index is 12.8. The number of carbonyl (C=O) groups is 3. The monoisotopic (exact) mass is 838 g/mol. The summed E-state index contributed by atoms with van der Waals surface area (Å²) in [5, 5.41) is 9.53. The van der Waals surface area contributed by atoms with E-state index in [-0.39, 0.29) is 36.9 Å². The summed E-state index contributed by atoms with van der Waals surface area (Å²) < 4.78 is 34.2. The normalized spacial score (nSPS) is 21.6.